The van der Waals surface area contributed by atoms with E-state index >= 15 is 0 Å². The SMILES string of the molecule is CC(C)c1ccc2c(C(=O)O)cc(C(C)CCCNS(=O)(=O)c3ccccc3)c-2cc1. The van der Waals surface area contributed by atoms with Crippen LogP contribution in [-0.2, 0) is 10.0 Å². The van der Waals surface area contributed by atoms with Gasteiger partial charge < -0.3 is 5.11 Å². The van der Waals surface area contributed by atoms with E-state index in [2.05, 4.69) is 31.6 Å². The van der Waals surface area contributed by atoms with Gasteiger partial charge in [-0.1, -0.05) is 63.2 Å². The van der Waals surface area contributed by atoms with Gasteiger partial charge in [0.2, 0.25) is 10.0 Å². The van der Waals surface area contributed by atoms with Crippen LogP contribution >= 0.6 is 0 Å². The summed E-state index contributed by atoms with van der Waals surface area (Å²) in [6.45, 7) is 6.61. The predicted octanol–water partition coefficient (Wildman–Crippen LogP) is 5.48. The molecule has 0 spiro atoms. The van der Waals surface area contributed by atoms with Crippen LogP contribution in [0.15, 0.2) is 65.6 Å². The molecule has 1 unspecified atom stereocenters. The van der Waals surface area contributed by atoms with Crippen LogP contribution in [-0.4, -0.2) is 26.0 Å². The third kappa shape index (κ3) is 5.32. The van der Waals surface area contributed by atoms with Crippen LogP contribution in [0.2, 0.25) is 0 Å². The number of hydrogen-bond acceptors (Lipinski definition) is 3. The van der Waals surface area contributed by atoms with Crippen molar-refractivity contribution in [3.05, 3.63) is 77.4 Å². The van der Waals surface area contributed by atoms with Gasteiger partial charge in [-0.3, -0.25) is 0 Å². The van der Waals surface area contributed by atoms with Gasteiger partial charge in [0, 0.05) is 6.54 Å². The lowest BCUT2D eigenvalue weighted by atomic mass is 9.94. The summed E-state index contributed by atoms with van der Waals surface area (Å²) in [5.41, 5.74) is 4.14. The molecule has 0 aliphatic heterocycles. The maximum absolute atomic E-state index is 12.3. The number of rotatable bonds is 9. The number of sulfonamides is 1. The summed E-state index contributed by atoms with van der Waals surface area (Å²) in [4.78, 5) is 12.1. The number of carboxylic acid groups (broad SMARTS) is 1. The van der Waals surface area contributed by atoms with Crippen molar-refractivity contribution in [1.82, 2.24) is 4.72 Å². The van der Waals surface area contributed by atoms with E-state index in [0.29, 0.717) is 24.4 Å². The Morgan fingerprint density at radius 1 is 0.968 bits per heavy atom. The molecule has 0 radical (unpaired) electrons. The van der Waals surface area contributed by atoms with Crippen LogP contribution in [0.4, 0.5) is 0 Å². The standard InChI is InChI=1S/C25H29NO4S/c1-17(2)19-11-13-21-22(14-12-19)24(25(27)28)16-23(21)18(3)8-7-15-26-31(29,30)20-9-5-4-6-10-20/h4-6,9-14,16-18,26H,7-8,15H2,1-3H3,(H,27,28). The van der Waals surface area contributed by atoms with Gasteiger partial charge in [-0.05, 0) is 65.1 Å². The number of carbonyl (C=O) groups is 1. The Kier molecular flexibility index (Phi) is 7.13. The van der Waals surface area contributed by atoms with Crippen molar-refractivity contribution >= 4 is 16.0 Å². The van der Waals surface area contributed by atoms with Crippen molar-refractivity contribution in [3.63, 3.8) is 0 Å². The average molecular weight is 440 g/mol. The van der Waals surface area contributed by atoms with Gasteiger partial charge in [0.15, 0.2) is 0 Å². The summed E-state index contributed by atoms with van der Waals surface area (Å²) in [6, 6.07) is 18.0. The van der Waals surface area contributed by atoms with E-state index in [1.165, 1.54) is 0 Å². The zero-order valence-electron chi connectivity index (χ0n) is 18.1. The first-order valence-electron chi connectivity index (χ1n) is 10.5. The molecule has 5 nitrogen and oxygen atoms in total. The van der Waals surface area contributed by atoms with E-state index in [9.17, 15) is 18.3 Å². The lowest BCUT2D eigenvalue weighted by molar-refractivity contribution is 0.0698. The first-order valence-corrected chi connectivity index (χ1v) is 12.0. The fourth-order valence-electron chi connectivity index (χ4n) is 3.81. The number of carboxylic acids is 1. The van der Waals surface area contributed by atoms with Gasteiger partial charge in [0.25, 0.3) is 0 Å². The van der Waals surface area contributed by atoms with Crippen molar-refractivity contribution in [1.29, 1.82) is 0 Å². The molecule has 2 aliphatic carbocycles. The second-order valence-electron chi connectivity index (χ2n) is 8.22. The van der Waals surface area contributed by atoms with E-state index in [0.717, 1.165) is 28.7 Å². The Balaban J connectivity index is 1.73. The highest BCUT2D eigenvalue weighted by Crippen LogP contribution is 2.38. The topological polar surface area (TPSA) is 83.5 Å². The second kappa shape index (κ2) is 9.62. The second-order valence-corrected chi connectivity index (χ2v) is 9.99. The van der Waals surface area contributed by atoms with Crippen LogP contribution in [0.1, 0.15) is 66.9 Å². The largest absolute Gasteiger partial charge is 0.478 e. The molecule has 6 heteroatoms. The average Bonchev–Trinajstić information content (AvgIpc) is 2.96. The summed E-state index contributed by atoms with van der Waals surface area (Å²) in [5, 5.41) is 9.67. The van der Waals surface area contributed by atoms with Crippen molar-refractivity contribution in [3.8, 4) is 11.1 Å². The lowest BCUT2D eigenvalue weighted by Gasteiger charge is -2.13. The van der Waals surface area contributed by atoms with Crippen molar-refractivity contribution < 1.29 is 18.3 Å². The lowest BCUT2D eigenvalue weighted by Crippen LogP contribution is -2.24. The Bertz CT molecular complexity index is 1120. The van der Waals surface area contributed by atoms with Crippen LogP contribution in [0, 0.1) is 0 Å². The molecule has 2 aliphatic rings. The van der Waals surface area contributed by atoms with Crippen molar-refractivity contribution in [2.24, 2.45) is 0 Å². The van der Waals surface area contributed by atoms with Crippen LogP contribution in [0.3, 0.4) is 0 Å². The summed E-state index contributed by atoms with van der Waals surface area (Å²) >= 11 is 0. The van der Waals surface area contributed by atoms with Crippen LogP contribution in [0.25, 0.3) is 11.1 Å². The molecular formula is C25H29NO4S. The normalized spacial score (nSPS) is 12.9. The molecule has 1 atom stereocenters. The molecule has 0 amide bonds. The number of nitrogens with one attached hydrogen (secondary N) is 1. The smallest absolute Gasteiger partial charge is 0.336 e. The molecular weight excluding hydrogens is 410 g/mol. The monoisotopic (exact) mass is 439 g/mol. The van der Waals surface area contributed by atoms with Gasteiger partial charge in [0.1, 0.15) is 0 Å². The van der Waals surface area contributed by atoms with E-state index in [1.54, 1.807) is 36.4 Å². The summed E-state index contributed by atoms with van der Waals surface area (Å²) in [5.74, 6) is -0.485. The minimum absolute atomic E-state index is 0.0988. The van der Waals surface area contributed by atoms with E-state index in [1.807, 2.05) is 18.2 Å². The number of aromatic carboxylic acids is 1. The Morgan fingerprint density at radius 3 is 2.23 bits per heavy atom. The Morgan fingerprint density at radius 2 is 1.61 bits per heavy atom. The van der Waals surface area contributed by atoms with Crippen LogP contribution < -0.4 is 4.72 Å². The molecule has 0 bridgehead atoms. The third-order valence-electron chi connectivity index (χ3n) is 5.66. The highest BCUT2D eigenvalue weighted by Gasteiger charge is 2.23. The zero-order valence-corrected chi connectivity index (χ0v) is 18.9. The van der Waals surface area contributed by atoms with Gasteiger partial charge in [-0.15, -0.1) is 0 Å². The molecule has 31 heavy (non-hydrogen) atoms. The minimum Gasteiger partial charge on any atom is -0.478 e. The molecule has 0 heterocycles. The fourth-order valence-corrected chi connectivity index (χ4v) is 4.91. The Labute approximate surface area is 184 Å². The first kappa shape index (κ1) is 23.0. The van der Waals surface area contributed by atoms with Gasteiger partial charge in [0.05, 0.1) is 10.5 Å². The molecule has 0 saturated carbocycles. The molecule has 0 saturated heterocycles. The maximum atomic E-state index is 12.3. The number of fused-ring (bicyclic) bond motifs is 1. The molecule has 1 aromatic carbocycles. The molecule has 0 fully saturated rings. The molecule has 164 valence electrons. The van der Waals surface area contributed by atoms with Gasteiger partial charge in [-0.2, -0.15) is 0 Å². The molecule has 0 aromatic heterocycles. The zero-order chi connectivity index (χ0) is 22.6. The maximum Gasteiger partial charge on any atom is 0.336 e. The van der Waals surface area contributed by atoms with E-state index in [-0.39, 0.29) is 10.8 Å². The van der Waals surface area contributed by atoms with E-state index in [4.69, 9.17) is 0 Å². The van der Waals surface area contributed by atoms with Gasteiger partial charge in [-0.25, -0.2) is 17.9 Å². The first-order chi connectivity index (χ1) is 14.7. The summed E-state index contributed by atoms with van der Waals surface area (Å²) in [7, 11) is -3.51. The molecule has 3 rings (SSSR count). The molecule has 1 aromatic rings. The quantitative estimate of drug-likeness (QED) is 0.433. The van der Waals surface area contributed by atoms with Gasteiger partial charge >= 0.3 is 5.97 Å². The van der Waals surface area contributed by atoms with E-state index < -0.39 is 16.0 Å². The minimum atomic E-state index is -3.51. The third-order valence-corrected chi connectivity index (χ3v) is 7.14. The highest BCUT2D eigenvalue weighted by molar-refractivity contribution is 7.89. The van der Waals surface area contributed by atoms with Crippen LogP contribution in [0.5, 0.6) is 0 Å². The summed E-state index contributed by atoms with van der Waals surface area (Å²) < 4.78 is 27.3. The predicted molar refractivity (Wildman–Crippen MR) is 123 cm³/mol. The highest BCUT2D eigenvalue weighted by atomic mass is 32.2. The fraction of sp³-hybridized carbons (Fsp3) is 0.320. The Hall–Kier alpha value is -2.70. The number of benzene rings is 1. The summed E-state index contributed by atoms with van der Waals surface area (Å²) in [6.07, 6.45) is 1.39. The molecule has 2 N–H and O–H groups in total. The van der Waals surface area contributed by atoms with Crippen molar-refractivity contribution in [2.75, 3.05) is 6.54 Å². The number of hydrogen-bond donors (Lipinski definition) is 2. The van der Waals surface area contributed by atoms with Crippen molar-refractivity contribution in [2.45, 2.75) is 50.3 Å².